The maximum absolute atomic E-state index is 14.7. The number of aromatic nitrogens is 2. The van der Waals surface area contributed by atoms with Crippen molar-refractivity contribution in [1.29, 1.82) is 0 Å². The summed E-state index contributed by atoms with van der Waals surface area (Å²) in [5, 5.41) is 2.71. The van der Waals surface area contributed by atoms with E-state index in [1.807, 2.05) is 0 Å². The van der Waals surface area contributed by atoms with Gasteiger partial charge in [-0.05, 0) is 12.1 Å². The first-order valence-corrected chi connectivity index (χ1v) is 7.19. The van der Waals surface area contributed by atoms with Crippen LogP contribution in [0, 0.1) is 11.6 Å². The van der Waals surface area contributed by atoms with Crippen LogP contribution in [0.5, 0.6) is 0 Å². The Hall–Kier alpha value is -3.09. The number of likely N-dealkylation sites (N-methyl/N-ethyl adjacent to an activating group) is 1. The van der Waals surface area contributed by atoms with Gasteiger partial charge in [0.25, 0.3) is 0 Å². The molecular formula is C17H17F2N5. The predicted molar refractivity (Wildman–Crippen MR) is 93.1 cm³/mol. The van der Waals surface area contributed by atoms with Crippen LogP contribution >= 0.6 is 0 Å². The molecule has 0 saturated heterocycles. The van der Waals surface area contributed by atoms with Crippen molar-refractivity contribution in [2.24, 2.45) is 5.73 Å². The molecule has 5 nitrogen and oxygen atoms in total. The van der Waals surface area contributed by atoms with E-state index in [-0.39, 0.29) is 11.3 Å². The number of rotatable bonds is 3. The SMILES string of the molecule is C=C(N)c1ncn2c1N(C)C(=C)C(c1c(F)ccc(NC)c1F)=C2. The topological polar surface area (TPSA) is 59.1 Å². The number of nitrogens with zero attached hydrogens (tertiary/aromatic N) is 3. The molecule has 0 unspecified atom stereocenters. The van der Waals surface area contributed by atoms with Gasteiger partial charge >= 0.3 is 0 Å². The Labute approximate surface area is 138 Å². The summed E-state index contributed by atoms with van der Waals surface area (Å²) in [6.45, 7) is 7.65. The van der Waals surface area contributed by atoms with E-state index in [9.17, 15) is 8.78 Å². The van der Waals surface area contributed by atoms with Crippen molar-refractivity contribution in [2.75, 3.05) is 24.3 Å². The predicted octanol–water partition coefficient (Wildman–Crippen LogP) is 3.09. The first-order valence-electron chi connectivity index (χ1n) is 7.19. The lowest BCUT2D eigenvalue weighted by Gasteiger charge is -2.30. The summed E-state index contributed by atoms with van der Waals surface area (Å²) < 4.78 is 30.6. The minimum absolute atomic E-state index is 0.147. The van der Waals surface area contributed by atoms with Gasteiger partial charge in [-0.3, -0.25) is 4.57 Å². The zero-order chi connectivity index (χ0) is 17.6. The maximum atomic E-state index is 14.7. The molecule has 1 aliphatic rings. The normalized spacial score (nSPS) is 13.6. The highest BCUT2D eigenvalue weighted by Gasteiger charge is 2.28. The van der Waals surface area contributed by atoms with E-state index < -0.39 is 11.6 Å². The largest absolute Gasteiger partial charge is 0.397 e. The lowest BCUT2D eigenvalue weighted by Crippen LogP contribution is -2.25. The summed E-state index contributed by atoms with van der Waals surface area (Å²) in [7, 11) is 3.30. The van der Waals surface area contributed by atoms with Crippen molar-refractivity contribution in [1.82, 2.24) is 9.55 Å². The van der Waals surface area contributed by atoms with Crippen LogP contribution in [0.3, 0.4) is 0 Å². The molecule has 0 bridgehead atoms. The van der Waals surface area contributed by atoms with Crippen LogP contribution in [0.2, 0.25) is 0 Å². The molecule has 1 aliphatic heterocycles. The van der Waals surface area contributed by atoms with Crippen molar-refractivity contribution in [3.05, 3.63) is 60.2 Å². The molecule has 124 valence electrons. The Kier molecular flexibility index (Phi) is 3.63. The number of fused-ring (bicyclic) bond motifs is 1. The molecule has 0 fully saturated rings. The lowest BCUT2D eigenvalue weighted by atomic mass is 10.00. The van der Waals surface area contributed by atoms with Crippen LogP contribution < -0.4 is 16.0 Å². The van der Waals surface area contributed by atoms with E-state index in [0.29, 0.717) is 28.5 Å². The summed E-state index contributed by atoms with van der Waals surface area (Å²) in [5.41, 5.74) is 7.35. The summed E-state index contributed by atoms with van der Waals surface area (Å²) in [4.78, 5) is 5.88. The molecule has 2 heterocycles. The molecule has 7 heteroatoms. The second-order valence-electron chi connectivity index (χ2n) is 5.43. The van der Waals surface area contributed by atoms with Crippen LogP contribution in [0.4, 0.5) is 20.3 Å². The standard InChI is InChI=1S/C17H17F2N5/c1-9(20)16-17-23(4)10(2)11(7-24(17)8-22-16)14-12(18)5-6-13(21-3)15(14)19/h5-8,21H,1-2,20H2,3-4H3. The summed E-state index contributed by atoms with van der Waals surface area (Å²) >= 11 is 0. The minimum atomic E-state index is -0.676. The van der Waals surface area contributed by atoms with Gasteiger partial charge in [0.15, 0.2) is 5.82 Å². The van der Waals surface area contributed by atoms with Crippen molar-refractivity contribution >= 4 is 29.0 Å². The van der Waals surface area contributed by atoms with E-state index in [2.05, 4.69) is 23.5 Å². The van der Waals surface area contributed by atoms with Gasteiger partial charge in [-0.2, -0.15) is 0 Å². The average Bonchev–Trinajstić information content (AvgIpc) is 2.96. The van der Waals surface area contributed by atoms with Gasteiger partial charge in [0, 0.05) is 31.6 Å². The highest BCUT2D eigenvalue weighted by Crippen LogP contribution is 2.39. The smallest absolute Gasteiger partial charge is 0.157 e. The molecule has 1 aromatic carbocycles. The van der Waals surface area contributed by atoms with Crippen molar-refractivity contribution < 1.29 is 8.78 Å². The number of anilines is 2. The van der Waals surface area contributed by atoms with Crippen LogP contribution in [-0.4, -0.2) is 23.6 Å². The highest BCUT2D eigenvalue weighted by molar-refractivity contribution is 5.95. The van der Waals surface area contributed by atoms with Gasteiger partial charge in [-0.1, -0.05) is 13.2 Å². The number of nitrogens with one attached hydrogen (secondary N) is 1. The van der Waals surface area contributed by atoms with Gasteiger partial charge in [0.2, 0.25) is 0 Å². The molecule has 24 heavy (non-hydrogen) atoms. The van der Waals surface area contributed by atoms with E-state index in [4.69, 9.17) is 5.73 Å². The van der Waals surface area contributed by atoms with Gasteiger partial charge in [-0.15, -0.1) is 0 Å². The lowest BCUT2D eigenvalue weighted by molar-refractivity contribution is 0.579. The van der Waals surface area contributed by atoms with Crippen molar-refractivity contribution in [2.45, 2.75) is 0 Å². The number of halogens is 2. The zero-order valence-corrected chi connectivity index (χ0v) is 13.4. The molecule has 0 spiro atoms. The van der Waals surface area contributed by atoms with E-state index in [1.165, 1.54) is 18.5 Å². The second-order valence-corrected chi connectivity index (χ2v) is 5.43. The van der Waals surface area contributed by atoms with Gasteiger partial charge in [0.05, 0.1) is 16.9 Å². The fourth-order valence-electron chi connectivity index (χ4n) is 2.73. The number of hydrogen-bond acceptors (Lipinski definition) is 4. The molecular weight excluding hydrogens is 312 g/mol. The minimum Gasteiger partial charge on any atom is -0.397 e. The Morgan fingerprint density at radius 3 is 2.67 bits per heavy atom. The Morgan fingerprint density at radius 1 is 1.33 bits per heavy atom. The number of imidazole rings is 1. The summed E-state index contributed by atoms with van der Waals surface area (Å²) in [6.07, 6.45) is 3.10. The van der Waals surface area contributed by atoms with E-state index in [1.54, 1.807) is 29.8 Å². The first kappa shape index (κ1) is 15.8. The number of hydrogen-bond donors (Lipinski definition) is 2. The molecule has 0 saturated carbocycles. The van der Waals surface area contributed by atoms with Crippen LogP contribution in [0.15, 0.2) is 37.3 Å². The fourth-order valence-corrected chi connectivity index (χ4v) is 2.73. The average molecular weight is 329 g/mol. The Morgan fingerprint density at radius 2 is 2.04 bits per heavy atom. The van der Waals surface area contributed by atoms with Crippen molar-refractivity contribution in [3.8, 4) is 0 Å². The molecule has 0 aliphatic carbocycles. The Balaban J connectivity index is 2.25. The third-order valence-corrected chi connectivity index (χ3v) is 4.00. The summed E-state index contributed by atoms with van der Waals surface area (Å²) in [6, 6.07) is 2.57. The van der Waals surface area contributed by atoms with E-state index >= 15 is 0 Å². The van der Waals surface area contributed by atoms with Crippen molar-refractivity contribution in [3.63, 3.8) is 0 Å². The molecule has 0 radical (unpaired) electrons. The Bertz CT molecular complexity index is 895. The molecule has 1 aromatic heterocycles. The number of nitrogens with two attached hydrogens (primary N) is 1. The van der Waals surface area contributed by atoms with Gasteiger partial charge in [0.1, 0.15) is 23.7 Å². The van der Waals surface area contributed by atoms with E-state index in [0.717, 1.165) is 0 Å². The van der Waals surface area contributed by atoms with Gasteiger partial charge < -0.3 is 16.0 Å². The fraction of sp³-hybridized carbons (Fsp3) is 0.118. The molecule has 0 amide bonds. The van der Waals surface area contributed by atoms with Crippen LogP contribution in [0.1, 0.15) is 11.3 Å². The maximum Gasteiger partial charge on any atom is 0.157 e. The zero-order valence-electron chi connectivity index (χ0n) is 13.4. The monoisotopic (exact) mass is 329 g/mol. The molecule has 3 rings (SSSR count). The van der Waals surface area contributed by atoms with Gasteiger partial charge in [-0.25, -0.2) is 13.8 Å². The second kappa shape index (κ2) is 5.52. The van der Waals surface area contributed by atoms with Crippen LogP contribution in [-0.2, 0) is 0 Å². The first-order chi connectivity index (χ1) is 11.4. The highest BCUT2D eigenvalue weighted by atomic mass is 19.1. The molecule has 2 aromatic rings. The third kappa shape index (κ3) is 2.17. The quantitative estimate of drug-likeness (QED) is 0.908. The summed E-state index contributed by atoms with van der Waals surface area (Å²) in [5.74, 6) is -0.702. The molecule has 0 atom stereocenters. The molecule has 3 N–H and O–H groups in total. The number of benzene rings is 1. The van der Waals surface area contributed by atoms with Crippen LogP contribution in [0.25, 0.3) is 17.5 Å². The number of allylic oxidation sites excluding steroid dienone is 1. The third-order valence-electron chi connectivity index (χ3n) is 4.00.